The zero-order valence-electron chi connectivity index (χ0n) is 11.4. The molecule has 0 aliphatic carbocycles. The lowest BCUT2D eigenvalue weighted by atomic mass is 10.1. The number of pyridine rings is 1. The van der Waals surface area contributed by atoms with E-state index in [0.29, 0.717) is 16.8 Å². The highest BCUT2D eigenvalue weighted by molar-refractivity contribution is 7.92. The van der Waals surface area contributed by atoms with Gasteiger partial charge in [-0.15, -0.1) is 0 Å². The number of hydrogen-bond acceptors (Lipinski definition) is 3. The molecule has 0 spiro atoms. The minimum atomic E-state index is -3.79. The van der Waals surface area contributed by atoms with E-state index < -0.39 is 15.8 Å². The van der Waals surface area contributed by atoms with Gasteiger partial charge in [0.25, 0.3) is 10.0 Å². The highest BCUT2D eigenvalue weighted by Gasteiger charge is 2.21. The summed E-state index contributed by atoms with van der Waals surface area (Å²) in [5.41, 5.74) is 1.43. The molecule has 2 rings (SSSR count). The van der Waals surface area contributed by atoms with Gasteiger partial charge >= 0.3 is 0 Å². The molecule has 106 valence electrons. The van der Waals surface area contributed by atoms with E-state index in [9.17, 15) is 12.8 Å². The normalized spacial score (nSPS) is 11.4. The van der Waals surface area contributed by atoms with Gasteiger partial charge in [0, 0.05) is 5.69 Å². The summed E-state index contributed by atoms with van der Waals surface area (Å²) in [5.74, 6) is -0.208. The molecule has 4 nitrogen and oxygen atoms in total. The molecule has 0 saturated heterocycles. The number of anilines is 1. The maximum Gasteiger partial charge on any atom is 0.263 e. The van der Waals surface area contributed by atoms with Crippen molar-refractivity contribution in [2.24, 2.45) is 0 Å². The first-order valence-corrected chi connectivity index (χ1v) is 7.51. The minimum absolute atomic E-state index is 0.0854. The number of aryl methyl sites for hydroxylation is 3. The van der Waals surface area contributed by atoms with Gasteiger partial charge in [0.05, 0.1) is 4.90 Å². The second kappa shape index (κ2) is 5.20. The Bertz CT molecular complexity index is 735. The molecule has 0 aliphatic rings. The number of rotatable bonds is 3. The van der Waals surface area contributed by atoms with Crippen LogP contribution in [0.2, 0.25) is 0 Å². The molecule has 0 radical (unpaired) electrons. The van der Waals surface area contributed by atoms with Crippen LogP contribution in [0.25, 0.3) is 0 Å². The highest BCUT2D eigenvalue weighted by atomic mass is 32.2. The van der Waals surface area contributed by atoms with Crippen molar-refractivity contribution in [1.29, 1.82) is 0 Å². The standard InChI is InChI=1S/C14H15FN2O2S/c1-9-7-12(15)8-10(2)14(9)20(18,19)17-13-6-4-5-11(3)16-13/h4-8H,1-3H3,(H,16,17). The van der Waals surface area contributed by atoms with Crippen molar-refractivity contribution in [3.05, 3.63) is 53.0 Å². The second-order valence-electron chi connectivity index (χ2n) is 4.64. The third kappa shape index (κ3) is 2.96. The van der Waals surface area contributed by atoms with Crippen molar-refractivity contribution < 1.29 is 12.8 Å². The van der Waals surface area contributed by atoms with E-state index >= 15 is 0 Å². The molecule has 0 bridgehead atoms. The van der Waals surface area contributed by atoms with Crippen molar-refractivity contribution >= 4 is 15.8 Å². The Morgan fingerprint density at radius 2 is 1.70 bits per heavy atom. The predicted octanol–water partition coefficient (Wildman–Crippen LogP) is 2.95. The fraction of sp³-hybridized carbons (Fsp3) is 0.214. The van der Waals surface area contributed by atoms with Gasteiger partial charge < -0.3 is 0 Å². The van der Waals surface area contributed by atoms with Crippen LogP contribution in [0.5, 0.6) is 0 Å². The highest BCUT2D eigenvalue weighted by Crippen LogP contribution is 2.23. The second-order valence-corrected chi connectivity index (χ2v) is 6.26. The summed E-state index contributed by atoms with van der Waals surface area (Å²) in [4.78, 5) is 4.18. The molecule has 1 heterocycles. The zero-order chi connectivity index (χ0) is 14.9. The van der Waals surface area contributed by atoms with E-state index in [2.05, 4.69) is 9.71 Å². The van der Waals surface area contributed by atoms with Crippen LogP contribution in [0.15, 0.2) is 35.2 Å². The van der Waals surface area contributed by atoms with Crippen molar-refractivity contribution in [2.45, 2.75) is 25.7 Å². The molecule has 6 heteroatoms. The van der Waals surface area contributed by atoms with Gasteiger partial charge in [-0.1, -0.05) is 6.07 Å². The third-order valence-electron chi connectivity index (χ3n) is 2.82. The molecule has 20 heavy (non-hydrogen) atoms. The van der Waals surface area contributed by atoms with Crippen LogP contribution in [0, 0.1) is 26.6 Å². The maximum atomic E-state index is 13.2. The van der Waals surface area contributed by atoms with Crippen LogP contribution in [0.3, 0.4) is 0 Å². The van der Waals surface area contributed by atoms with E-state index in [1.807, 2.05) is 0 Å². The minimum Gasteiger partial charge on any atom is -0.263 e. The number of nitrogens with one attached hydrogen (secondary N) is 1. The molecular weight excluding hydrogens is 279 g/mol. The molecule has 0 fully saturated rings. The predicted molar refractivity (Wildman–Crippen MR) is 75.7 cm³/mol. The Balaban J connectivity index is 2.46. The van der Waals surface area contributed by atoms with Crippen LogP contribution in [0.4, 0.5) is 10.2 Å². The van der Waals surface area contributed by atoms with Crippen LogP contribution < -0.4 is 4.72 Å². The van der Waals surface area contributed by atoms with Crippen molar-refractivity contribution in [3.8, 4) is 0 Å². The molecule has 1 aromatic heterocycles. The first-order valence-electron chi connectivity index (χ1n) is 6.03. The summed E-state index contributed by atoms with van der Waals surface area (Å²) in [6.45, 7) is 4.90. The molecule has 0 atom stereocenters. The molecule has 0 amide bonds. The molecule has 0 unspecified atom stereocenters. The summed E-state index contributed by atoms with van der Waals surface area (Å²) in [7, 11) is -3.79. The number of nitrogens with zero attached hydrogens (tertiary/aromatic N) is 1. The monoisotopic (exact) mass is 294 g/mol. The maximum absolute atomic E-state index is 13.2. The van der Waals surface area contributed by atoms with Crippen molar-refractivity contribution in [3.63, 3.8) is 0 Å². The molecule has 2 aromatic rings. The third-order valence-corrected chi connectivity index (χ3v) is 4.48. The molecule has 0 saturated carbocycles. The molecular formula is C14H15FN2O2S. The Morgan fingerprint density at radius 1 is 1.10 bits per heavy atom. The van der Waals surface area contributed by atoms with Gasteiger partial charge in [0.1, 0.15) is 11.6 Å². The largest absolute Gasteiger partial charge is 0.263 e. The average molecular weight is 294 g/mol. The van der Waals surface area contributed by atoms with Gasteiger partial charge in [-0.25, -0.2) is 17.8 Å². The van der Waals surface area contributed by atoms with E-state index in [1.165, 1.54) is 12.1 Å². The van der Waals surface area contributed by atoms with E-state index in [4.69, 9.17) is 0 Å². The summed E-state index contributed by atoms with van der Waals surface area (Å²) in [5, 5.41) is 0. The first kappa shape index (κ1) is 14.5. The zero-order valence-corrected chi connectivity index (χ0v) is 12.3. The van der Waals surface area contributed by atoms with Crippen molar-refractivity contribution in [2.75, 3.05) is 4.72 Å². The van der Waals surface area contributed by atoms with Crippen molar-refractivity contribution in [1.82, 2.24) is 4.98 Å². The lowest BCUT2D eigenvalue weighted by molar-refractivity contribution is 0.597. The fourth-order valence-corrected chi connectivity index (χ4v) is 3.57. The van der Waals surface area contributed by atoms with Crippen LogP contribution in [0.1, 0.15) is 16.8 Å². The average Bonchev–Trinajstić information content (AvgIpc) is 2.25. The number of hydrogen-bond donors (Lipinski definition) is 1. The van der Waals surface area contributed by atoms with Gasteiger partial charge in [0.2, 0.25) is 0 Å². The number of halogens is 1. The lowest BCUT2D eigenvalue weighted by Gasteiger charge is -2.12. The number of benzene rings is 1. The molecule has 0 aliphatic heterocycles. The van der Waals surface area contributed by atoms with Crippen LogP contribution in [-0.4, -0.2) is 13.4 Å². The molecule has 1 aromatic carbocycles. The molecule has 1 N–H and O–H groups in total. The summed E-state index contributed by atoms with van der Waals surface area (Å²) in [6, 6.07) is 7.45. The van der Waals surface area contributed by atoms with Gasteiger partial charge in [-0.3, -0.25) is 4.72 Å². The van der Waals surface area contributed by atoms with Crippen LogP contribution in [-0.2, 0) is 10.0 Å². The van der Waals surface area contributed by atoms with E-state index in [1.54, 1.807) is 39.0 Å². The van der Waals surface area contributed by atoms with E-state index in [0.717, 1.165) is 0 Å². The van der Waals surface area contributed by atoms with Crippen LogP contribution >= 0.6 is 0 Å². The smallest absolute Gasteiger partial charge is 0.263 e. The van der Waals surface area contributed by atoms with Gasteiger partial charge in [-0.05, 0) is 56.2 Å². The summed E-state index contributed by atoms with van der Waals surface area (Å²) >= 11 is 0. The Kier molecular flexibility index (Phi) is 3.76. The topological polar surface area (TPSA) is 59.1 Å². The summed E-state index contributed by atoms with van der Waals surface area (Å²) < 4.78 is 40.4. The first-order chi connectivity index (χ1) is 9.29. The lowest BCUT2D eigenvalue weighted by Crippen LogP contribution is -2.17. The number of sulfonamides is 1. The number of aromatic nitrogens is 1. The van der Waals surface area contributed by atoms with Gasteiger partial charge in [-0.2, -0.15) is 0 Å². The quantitative estimate of drug-likeness (QED) is 0.946. The SMILES string of the molecule is Cc1cccc(NS(=O)(=O)c2c(C)cc(F)cc2C)n1. The van der Waals surface area contributed by atoms with Gasteiger partial charge in [0.15, 0.2) is 0 Å². The fourth-order valence-electron chi connectivity index (χ4n) is 2.11. The van der Waals surface area contributed by atoms with E-state index in [-0.39, 0.29) is 10.7 Å². The Morgan fingerprint density at radius 3 is 2.25 bits per heavy atom. The summed E-state index contributed by atoms with van der Waals surface area (Å²) in [6.07, 6.45) is 0. The Labute approximate surface area is 117 Å². The Hall–Kier alpha value is -1.95.